The van der Waals surface area contributed by atoms with Gasteiger partial charge in [0, 0.05) is 19.5 Å². The second kappa shape index (κ2) is 4.25. The Labute approximate surface area is 78.1 Å². The molecule has 0 bridgehead atoms. The Hall–Kier alpha value is -1.06. The number of nitrogens with two attached hydrogens (primary N) is 1. The number of nitrogens with zero attached hydrogens (tertiary/aromatic N) is 1. The summed E-state index contributed by atoms with van der Waals surface area (Å²) in [6, 6.07) is 0. The first-order valence-electron chi connectivity index (χ1n) is 4.72. The van der Waals surface area contributed by atoms with Crippen LogP contribution in [0.4, 0.5) is 0 Å². The predicted octanol–water partition coefficient (Wildman–Crippen LogP) is 0.120. The maximum absolute atomic E-state index is 11.3. The summed E-state index contributed by atoms with van der Waals surface area (Å²) in [4.78, 5) is 23.9. The van der Waals surface area contributed by atoms with Gasteiger partial charge in [0.1, 0.15) is 0 Å². The van der Waals surface area contributed by atoms with Gasteiger partial charge in [-0.3, -0.25) is 9.59 Å². The van der Waals surface area contributed by atoms with E-state index in [0.29, 0.717) is 13.0 Å². The molecular formula is C9H16N2O2. The SMILES string of the molecule is CCCCN1C[C@H](C(N)=O)CC1=O. The molecule has 0 aromatic heterocycles. The fraction of sp³-hybridized carbons (Fsp3) is 0.778. The second-order valence-electron chi connectivity index (χ2n) is 3.50. The van der Waals surface area contributed by atoms with Crippen LogP contribution in [0.5, 0.6) is 0 Å². The molecule has 1 saturated heterocycles. The molecule has 0 unspecified atom stereocenters. The summed E-state index contributed by atoms with van der Waals surface area (Å²) in [7, 11) is 0. The molecule has 13 heavy (non-hydrogen) atoms. The first-order valence-corrected chi connectivity index (χ1v) is 4.72. The molecule has 74 valence electrons. The monoisotopic (exact) mass is 184 g/mol. The summed E-state index contributed by atoms with van der Waals surface area (Å²) in [5.74, 6) is -0.547. The van der Waals surface area contributed by atoms with Crippen LogP contribution in [0.2, 0.25) is 0 Å². The Morgan fingerprint density at radius 1 is 1.69 bits per heavy atom. The van der Waals surface area contributed by atoms with Crippen LogP contribution in [0.3, 0.4) is 0 Å². The van der Waals surface area contributed by atoms with Crippen LogP contribution in [-0.4, -0.2) is 29.8 Å². The van der Waals surface area contributed by atoms with Gasteiger partial charge in [-0.2, -0.15) is 0 Å². The van der Waals surface area contributed by atoms with E-state index >= 15 is 0 Å². The second-order valence-corrected chi connectivity index (χ2v) is 3.50. The first kappa shape index (κ1) is 10.0. The largest absolute Gasteiger partial charge is 0.369 e. The lowest BCUT2D eigenvalue weighted by Gasteiger charge is -2.14. The van der Waals surface area contributed by atoms with E-state index in [2.05, 4.69) is 6.92 Å². The van der Waals surface area contributed by atoms with E-state index in [1.165, 1.54) is 0 Å². The number of hydrogen-bond acceptors (Lipinski definition) is 2. The highest BCUT2D eigenvalue weighted by atomic mass is 16.2. The van der Waals surface area contributed by atoms with Gasteiger partial charge in [0.2, 0.25) is 11.8 Å². The first-order chi connectivity index (χ1) is 6.15. The molecule has 1 rings (SSSR count). The molecule has 1 heterocycles. The van der Waals surface area contributed by atoms with Gasteiger partial charge in [-0.05, 0) is 6.42 Å². The van der Waals surface area contributed by atoms with Gasteiger partial charge in [0.05, 0.1) is 5.92 Å². The summed E-state index contributed by atoms with van der Waals surface area (Å²) in [6.07, 6.45) is 2.36. The van der Waals surface area contributed by atoms with Gasteiger partial charge in [-0.1, -0.05) is 13.3 Å². The number of carbonyl (C=O) groups is 2. The Bertz CT molecular complexity index is 216. The lowest BCUT2D eigenvalue weighted by molar-refractivity contribution is -0.128. The van der Waals surface area contributed by atoms with Crippen molar-refractivity contribution in [3.63, 3.8) is 0 Å². The van der Waals surface area contributed by atoms with Crippen LogP contribution in [0.25, 0.3) is 0 Å². The number of hydrogen-bond donors (Lipinski definition) is 1. The highest BCUT2D eigenvalue weighted by Crippen LogP contribution is 2.17. The molecule has 0 saturated carbocycles. The third-order valence-electron chi connectivity index (χ3n) is 2.40. The predicted molar refractivity (Wildman–Crippen MR) is 48.8 cm³/mol. The van der Waals surface area contributed by atoms with Gasteiger partial charge in [0.15, 0.2) is 0 Å². The van der Waals surface area contributed by atoms with E-state index in [-0.39, 0.29) is 17.7 Å². The molecule has 2 amide bonds. The Kier molecular flexibility index (Phi) is 3.28. The van der Waals surface area contributed by atoms with E-state index < -0.39 is 0 Å². The van der Waals surface area contributed by atoms with E-state index in [9.17, 15) is 9.59 Å². The fourth-order valence-electron chi connectivity index (χ4n) is 1.53. The van der Waals surface area contributed by atoms with Crippen LogP contribution < -0.4 is 5.73 Å². The molecule has 1 fully saturated rings. The van der Waals surface area contributed by atoms with Crippen LogP contribution in [0.1, 0.15) is 26.2 Å². The molecule has 1 aliphatic rings. The van der Waals surface area contributed by atoms with Gasteiger partial charge in [0.25, 0.3) is 0 Å². The number of amides is 2. The number of likely N-dealkylation sites (tertiary alicyclic amines) is 1. The fourth-order valence-corrected chi connectivity index (χ4v) is 1.53. The van der Waals surface area contributed by atoms with Gasteiger partial charge < -0.3 is 10.6 Å². The maximum atomic E-state index is 11.3. The number of primary amides is 1. The van der Waals surface area contributed by atoms with Crippen molar-refractivity contribution in [3.8, 4) is 0 Å². The maximum Gasteiger partial charge on any atom is 0.223 e. The minimum atomic E-state index is -0.354. The van der Waals surface area contributed by atoms with Gasteiger partial charge in [-0.25, -0.2) is 0 Å². The van der Waals surface area contributed by atoms with E-state index in [1.54, 1.807) is 4.90 Å². The van der Waals surface area contributed by atoms with Crippen LogP contribution in [-0.2, 0) is 9.59 Å². The third kappa shape index (κ3) is 2.44. The van der Waals surface area contributed by atoms with E-state index in [0.717, 1.165) is 19.4 Å². The molecule has 0 aliphatic carbocycles. The molecule has 1 aliphatic heterocycles. The molecule has 0 radical (unpaired) electrons. The Balaban J connectivity index is 2.42. The average molecular weight is 184 g/mol. The lowest BCUT2D eigenvalue weighted by Crippen LogP contribution is -2.29. The molecule has 0 aromatic rings. The van der Waals surface area contributed by atoms with E-state index in [4.69, 9.17) is 5.73 Å². The topological polar surface area (TPSA) is 63.4 Å². The standard InChI is InChI=1S/C9H16N2O2/c1-2-3-4-11-6-7(9(10)13)5-8(11)12/h7H,2-6H2,1H3,(H2,10,13)/t7-/m1/s1. The third-order valence-corrected chi connectivity index (χ3v) is 2.40. The number of rotatable bonds is 4. The van der Waals surface area contributed by atoms with Crippen molar-refractivity contribution >= 4 is 11.8 Å². The van der Waals surface area contributed by atoms with Crippen molar-refractivity contribution in [3.05, 3.63) is 0 Å². The normalized spacial score (nSPS) is 22.4. The van der Waals surface area contributed by atoms with Gasteiger partial charge >= 0.3 is 0 Å². The van der Waals surface area contributed by atoms with Crippen molar-refractivity contribution in [1.29, 1.82) is 0 Å². The summed E-state index contributed by atoms with van der Waals surface area (Å²) >= 11 is 0. The lowest BCUT2D eigenvalue weighted by atomic mass is 10.1. The van der Waals surface area contributed by atoms with Crippen molar-refractivity contribution in [2.24, 2.45) is 11.7 Å². The number of carbonyl (C=O) groups excluding carboxylic acids is 2. The number of unbranched alkanes of at least 4 members (excludes halogenated alkanes) is 1. The zero-order valence-electron chi connectivity index (χ0n) is 7.95. The van der Waals surface area contributed by atoms with Crippen LogP contribution in [0.15, 0.2) is 0 Å². The zero-order valence-corrected chi connectivity index (χ0v) is 7.95. The summed E-state index contributed by atoms with van der Waals surface area (Å²) in [5.41, 5.74) is 5.13. The Morgan fingerprint density at radius 3 is 2.85 bits per heavy atom. The Morgan fingerprint density at radius 2 is 2.38 bits per heavy atom. The molecular weight excluding hydrogens is 168 g/mol. The highest BCUT2D eigenvalue weighted by molar-refractivity contribution is 5.88. The molecule has 2 N–H and O–H groups in total. The molecule has 1 atom stereocenters. The summed E-state index contributed by atoms with van der Waals surface area (Å²) in [6.45, 7) is 3.36. The quantitative estimate of drug-likeness (QED) is 0.674. The van der Waals surface area contributed by atoms with Crippen LogP contribution in [0, 0.1) is 5.92 Å². The minimum Gasteiger partial charge on any atom is -0.369 e. The molecule has 0 aromatic carbocycles. The van der Waals surface area contributed by atoms with E-state index in [1.807, 2.05) is 0 Å². The van der Waals surface area contributed by atoms with Crippen molar-refractivity contribution in [2.45, 2.75) is 26.2 Å². The van der Waals surface area contributed by atoms with Crippen LogP contribution >= 0.6 is 0 Å². The minimum absolute atomic E-state index is 0.0669. The smallest absolute Gasteiger partial charge is 0.223 e. The summed E-state index contributed by atoms with van der Waals surface area (Å²) < 4.78 is 0. The molecule has 0 spiro atoms. The van der Waals surface area contributed by atoms with Crippen molar-refractivity contribution in [2.75, 3.05) is 13.1 Å². The molecule has 4 heteroatoms. The zero-order chi connectivity index (χ0) is 9.84. The summed E-state index contributed by atoms with van der Waals surface area (Å²) in [5, 5.41) is 0. The highest BCUT2D eigenvalue weighted by Gasteiger charge is 2.32. The average Bonchev–Trinajstić information content (AvgIpc) is 2.44. The van der Waals surface area contributed by atoms with Crippen molar-refractivity contribution in [1.82, 2.24) is 4.90 Å². The van der Waals surface area contributed by atoms with Gasteiger partial charge in [-0.15, -0.1) is 0 Å². The van der Waals surface area contributed by atoms with Crippen molar-refractivity contribution < 1.29 is 9.59 Å². The molecule has 4 nitrogen and oxygen atoms in total.